The van der Waals surface area contributed by atoms with Gasteiger partial charge in [0.15, 0.2) is 0 Å². The summed E-state index contributed by atoms with van der Waals surface area (Å²) in [5.74, 6) is 1.15. The summed E-state index contributed by atoms with van der Waals surface area (Å²) in [4.78, 5) is 0. The average Bonchev–Trinajstić information content (AvgIpc) is 2.83. The number of rotatable bonds is 12. The van der Waals surface area contributed by atoms with E-state index >= 15 is 0 Å². The van der Waals surface area contributed by atoms with E-state index in [-0.39, 0.29) is 26.3 Å². The molecule has 182 valence electrons. The number of aliphatic hydroxyl groups excluding tert-OH is 2. The largest absolute Gasteiger partial charge is 0.491 e. The summed E-state index contributed by atoms with van der Waals surface area (Å²) >= 11 is 24.1. The Morgan fingerprint density at radius 3 is 1.38 bits per heavy atom. The highest BCUT2D eigenvalue weighted by molar-refractivity contribution is 6.35. The summed E-state index contributed by atoms with van der Waals surface area (Å²) in [5, 5.41) is 28.5. The Morgan fingerprint density at radius 2 is 1.00 bits per heavy atom. The molecule has 34 heavy (non-hydrogen) atoms. The highest BCUT2D eigenvalue weighted by Crippen LogP contribution is 2.26. The fourth-order valence-corrected chi connectivity index (χ4v) is 3.57. The van der Waals surface area contributed by atoms with E-state index in [2.05, 4.69) is 10.6 Å². The number of hydrogen-bond acceptors (Lipinski definition) is 6. The molecule has 0 aliphatic rings. The third-order valence-electron chi connectivity index (χ3n) is 4.62. The van der Waals surface area contributed by atoms with E-state index in [1.165, 1.54) is 0 Å². The molecule has 2 unspecified atom stereocenters. The predicted molar refractivity (Wildman–Crippen MR) is 139 cm³/mol. The van der Waals surface area contributed by atoms with Crippen LogP contribution in [0.4, 0.5) is 11.4 Å². The van der Waals surface area contributed by atoms with Crippen LogP contribution in [-0.4, -0.2) is 48.7 Å². The van der Waals surface area contributed by atoms with Crippen molar-refractivity contribution in [3.05, 3.63) is 80.8 Å². The molecule has 10 heteroatoms. The Kier molecular flexibility index (Phi) is 10.3. The molecular weight excluding hydrogens is 522 g/mol. The van der Waals surface area contributed by atoms with Crippen molar-refractivity contribution < 1.29 is 19.7 Å². The first-order valence-corrected chi connectivity index (χ1v) is 11.9. The number of benzene rings is 3. The van der Waals surface area contributed by atoms with E-state index in [9.17, 15) is 10.2 Å². The number of anilines is 2. The van der Waals surface area contributed by atoms with Gasteiger partial charge in [-0.25, -0.2) is 0 Å². The van der Waals surface area contributed by atoms with E-state index in [4.69, 9.17) is 55.9 Å². The van der Waals surface area contributed by atoms with Gasteiger partial charge in [-0.15, -0.1) is 0 Å². The minimum absolute atomic E-state index is 0.0852. The molecule has 3 rings (SSSR count). The molecule has 0 radical (unpaired) electrons. The second-order valence-electron chi connectivity index (χ2n) is 7.41. The number of ether oxygens (including phenoxy) is 2. The minimum atomic E-state index is -0.762. The first-order valence-electron chi connectivity index (χ1n) is 10.4. The Morgan fingerprint density at radius 1 is 0.618 bits per heavy atom. The Balaban J connectivity index is 1.37. The third kappa shape index (κ3) is 8.62. The van der Waals surface area contributed by atoms with Crippen LogP contribution in [0, 0.1) is 0 Å². The summed E-state index contributed by atoms with van der Waals surface area (Å²) < 4.78 is 11.2. The molecule has 0 bridgehead atoms. The zero-order valence-corrected chi connectivity index (χ0v) is 21.0. The van der Waals surface area contributed by atoms with Crippen molar-refractivity contribution in [2.75, 3.05) is 36.9 Å². The predicted octanol–water partition coefficient (Wildman–Crippen LogP) is 6.00. The highest BCUT2D eigenvalue weighted by atomic mass is 35.5. The van der Waals surface area contributed by atoms with Crippen molar-refractivity contribution in [1.82, 2.24) is 0 Å². The van der Waals surface area contributed by atoms with Gasteiger partial charge in [0, 0.05) is 23.1 Å². The van der Waals surface area contributed by atoms with Crippen LogP contribution in [0.5, 0.6) is 11.5 Å². The van der Waals surface area contributed by atoms with Gasteiger partial charge in [-0.1, -0.05) is 46.4 Å². The molecule has 0 aliphatic carbocycles. The number of nitrogens with one attached hydrogen (secondary N) is 2. The summed E-state index contributed by atoms with van der Waals surface area (Å²) in [6.45, 7) is 0.658. The fourth-order valence-electron chi connectivity index (χ4n) is 2.86. The maximum atomic E-state index is 10.2. The molecule has 0 saturated heterocycles. The molecule has 0 aliphatic heterocycles. The van der Waals surface area contributed by atoms with Gasteiger partial charge in [0.2, 0.25) is 0 Å². The standard InChI is InChI=1S/C24H24Cl4N2O4/c25-15-1-7-21(27)23(9-15)29-11-17(31)13-33-19-3-5-20(6-4-19)34-14-18(32)12-30-24-10-16(26)2-8-22(24)28/h1-10,17-18,29-32H,11-14H2. The number of halogens is 4. The van der Waals surface area contributed by atoms with E-state index in [0.717, 1.165) is 0 Å². The maximum Gasteiger partial charge on any atom is 0.119 e. The molecule has 3 aromatic carbocycles. The van der Waals surface area contributed by atoms with E-state index < -0.39 is 12.2 Å². The first-order chi connectivity index (χ1) is 16.3. The van der Waals surface area contributed by atoms with Crippen LogP contribution in [0.2, 0.25) is 20.1 Å². The Hall–Kier alpha value is -2.06. The topological polar surface area (TPSA) is 83.0 Å². The van der Waals surface area contributed by atoms with Crippen molar-refractivity contribution in [3.8, 4) is 11.5 Å². The number of aliphatic hydroxyl groups is 2. The molecular formula is C24H24Cl4N2O4. The van der Waals surface area contributed by atoms with Crippen LogP contribution in [-0.2, 0) is 0 Å². The molecule has 0 heterocycles. The Labute approximate surface area is 218 Å². The summed E-state index contributed by atoms with van der Waals surface area (Å²) in [6.07, 6.45) is -1.52. The lowest BCUT2D eigenvalue weighted by Gasteiger charge is -2.16. The van der Waals surface area contributed by atoms with Crippen molar-refractivity contribution >= 4 is 57.8 Å². The van der Waals surface area contributed by atoms with E-state index in [1.807, 2.05) is 0 Å². The lowest BCUT2D eigenvalue weighted by Crippen LogP contribution is -2.26. The van der Waals surface area contributed by atoms with Gasteiger partial charge in [-0.3, -0.25) is 0 Å². The summed E-state index contributed by atoms with van der Waals surface area (Å²) in [5.41, 5.74) is 1.28. The van der Waals surface area contributed by atoms with Gasteiger partial charge >= 0.3 is 0 Å². The van der Waals surface area contributed by atoms with E-state index in [1.54, 1.807) is 60.7 Å². The van der Waals surface area contributed by atoms with Gasteiger partial charge in [0.1, 0.15) is 36.9 Å². The van der Waals surface area contributed by atoms with E-state index in [0.29, 0.717) is 43.0 Å². The zero-order valence-electron chi connectivity index (χ0n) is 18.0. The average molecular weight is 546 g/mol. The summed E-state index contributed by atoms with van der Waals surface area (Å²) in [6, 6.07) is 17.0. The van der Waals surface area contributed by atoms with Gasteiger partial charge < -0.3 is 30.3 Å². The van der Waals surface area contributed by atoms with Crippen molar-refractivity contribution in [2.45, 2.75) is 12.2 Å². The maximum absolute atomic E-state index is 10.2. The summed E-state index contributed by atoms with van der Waals surface area (Å²) in [7, 11) is 0. The molecule has 0 amide bonds. The number of hydrogen-bond donors (Lipinski definition) is 4. The lowest BCUT2D eigenvalue weighted by molar-refractivity contribution is 0.115. The second kappa shape index (κ2) is 13.1. The van der Waals surface area contributed by atoms with Gasteiger partial charge in [-0.2, -0.15) is 0 Å². The molecule has 2 atom stereocenters. The smallest absolute Gasteiger partial charge is 0.119 e. The van der Waals surface area contributed by atoms with Gasteiger partial charge in [0.05, 0.1) is 21.4 Å². The van der Waals surface area contributed by atoms with Gasteiger partial charge in [-0.05, 0) is 60.7 Å². The van der Waals surface area contributed by atoms with Gasteiger partial charge in [0.25, 0.3) is 0 Å². The zero-order chi connectivity index (χ0) is 24.5. The van der Waals surface area contributed by atoms with Crippen LogP contribution in [0.25, 0.3) is 0 Å². The highest BCUT2D eigenvalue weighted by Gasteiger charge is 2.10. The molecule has 4 N–H and O–H groups in total. The van der Waals surface area contributed by atoms with Crippen molar-refractivity contribution in [1.29, 1.82) is 0 Å². The van der Waals surface area contributed by atoms with Crippen LogP contribution in [0.3, 0.4) is 0 Å². The van der Waals surface area contributed by atoms with Crippen LogP contribution in [0.15, 0.2) is 60.7 Å². The lowest BCUT2D eigenvalue weighted by atomic mass is 10.3. The van der Waals surface area contributed by atoms with Crippen molar-refractivity contribution in [2.24, 2.45) is 0 Å². The molecule has 0 spiro atoms. The fraction of sp³-hybridized carbons (Fsp3) is 0.250. The first kappa shape index (κ1) is 26.5. The molecule has 6 nitrogen and oxygen atoms in total. The van der Waals surface area contributed by atoms with Crippen LogP contribution >= 0.6 is 46.4 Å². The monoisotopic (exact) mass is 544 g/mol. The quantitative estimate of drug-likeness (QED) is 0.223. The SMILES string of the molecule is OC(CNc1cc(Cl)ccc1Cl)COc1ccc(OCC(O)CNc2cc(Cl)ccc2Cl)cc1. The normalized spacial score (nSPS) is 12.6. The minimum Gasteiger partial charge on any atom is -0.491 e. The molecule has 0 fully saturated rings. The Bertz CT molecular complexity index is 985. The van der Waals surface area contributed by atoms with Crippen molar-refractivity contribution in [3.63, 3.8) is 0 Å². The second-order valence-corrected chi connectivity index (χ2v) is 9.10. The molecule has 0 saturated carbocycles. The van der Waals surface area contributed by atoms with Crippen LogP contribution < -0.4 is 20.1 Å². The third-order valence-corrected chi connectivity index (χ3v) is 5.75. The van der Waals surface area contributed by atoms with Crippen LogP contribution in [0.1, 0.15) is 0 Å². The molecule has 0 aromatic heterocycles. The molecule has 3 aromatic rings.